The van der Waals surface area contributed by atoms with Crippen LogP contribution >= 0.6 is 0 Å². The quantitative estimate of drug-likeness (QED) is 0.911. The van der Waals surface area contributed by atoms with Crippen molar-refractivity contribution in [3.8, 4) is 17.0 Å². The van der Waals surface area contributed by atoms with Crippen molar-refractivity contribution in [1.29, 1.82) is 0 Å². The molecule has 0 unspecified atom stereocenters. The van der Waals surface area contributed by atoms with E-state index < -0.39 is 0 Å². The van der Waals surface area contributed by atoms with Gasteiger partial charge in [0.25, 0.3) is 0 Å². The van der Waals surface area contributed by atoms with Gasteiger partial charge in [0.15, 0.2) is 0 Å². The highest BCUT2D eigenvalue weighted by molar-refractivity contribution is 5.72. The first-order chi connectivity index (χ1) is 9.25. The zero-order valence-electron chi connectivity index (χ0n) is 13.1. The third kappa shape index (κ3) is 2.38. The predicted octanol–water partition coefficient (Wildman–Crippen LogP) is 3.51. The number of hydrogen-bond donors (Lipinski definition) is 1. The highest BCUT2D eigenvalue weighted by atomic mass is 16.5. The average molecular weight is 273 g/mol. The Bertz CT molecular complexity index is 636. The summed E-state index contributed by atoms with van der Waals surface area (Å²) >= 11 is 0. The Morgan fingerprint density at radius 1 is 1.20 bits per heavy atom. The smallest absolute Gasteiger partial charge is 0.132 e. The Morgan fingerprint density at radius 2 is 1.85 bits per heavy atom. The molecule has 0 saturated heterocycles. The molecular weight excluding hydrogens is 250 g/mol. The van der Waals surface area contributed by atoms with Crippen LogP contribution in [0.15, 0.2) is 18.2 Å². The van der Waals surface area contributed by atoms with Gasteiger partial charge in [-0.1, -0.05) is 0 Å². The van der Waals surface area contributed by atoms with Crippen LogP contribution in [-0.4, -0.2) is 16.7 Å². The van der Waals surface area contributed by atoms with Gasteiger partial charge in [-0.15, -0.1) is 0 Å². The van der Waals surface area contributed by atoms with Crippen LogP contribution < -0.4 is 10.5 Å². The lowest BCUT2D eigenvalue weighted by Gasteiger charge is -2.24. The molecule has 0 aliphatic carbocycles. The zero-order chi connectivity index (χ0) is 15.1. The van der Waals surface area contributed by atoms with E-state index in [1.165, 1.54) is 0 Å². The summed E-state index contributed by atoms with van der Waals surface area (Å²) in [6.45, 7) is 10.4. The van der Waals surface area contributed by atoms with Crippen molar-refractivity contribution in [2.45, 2.75) is 40.2 Å². The van der Waals surface area contributed by atoms with Crippen LogP contribution in [0.25, 0.3) is 11.3 Å². The maximum absolute atomic E-state index is 6.31. The second kappa shape index (κ2) is 4.85. The van der Waals surface area contributed by atoms with E-state index in [1.54, 1.807) is 7.11 Å². The van der Waals surface area contributed by atoms with E-state index in [-0.39, 0.29) is 5.54 Å². The lowest BCUT2D eigenvalue weighted by molar-refractivity contribution is 0.393. The molecule has 0 radical (unpaired) electrons. The number of rotatable bonds is 2. The SMILES string of the molecule is COc1ccc(-c2nc(C)n(C(C)(C)C)c2N)cc1C. The Labute approximate surface area is 120 Å². The molecule has 108 valence electrons. The average Bonchev–Trinajstić information content (AvgIpc) is 2.64. The van der Waals surface area contributed by atoms with E-state index in [4.69, 9.17) is 10.5 Å². The van der Waals surface area contributed by atoms with E-state index in [0.717, 1.165) is 28.4 Å². The van der Waals surface area contributed by atoms with Gasteiger partial charge < -0.3 is 15.0 Å². The van der Waals surface area contributed by atoms with Gasteiger partial charge in [0.05, 0.1) is 7.11 Å². The number of aromatic nitrogens is 2. The molecular formula is C16H23N3O. The van der Waals surface area contributed by atoms with Crippen molar-refractivity contribution in [3.05, 3.63) is 29.6 Å². The monoisotopic (exact) mass is 273 g/mol. The summed E-state index contributed by atoms with van der Waals surface area (Å²) in [4.78, 5) is 4.64. The van der Waals surface area contributed by atoms with Gasteiger partial charge in [0, 0.05) is 11.1 Å². The molecule has 0 atom stereocenters. The van der Waals surface area contributed by atoms with E-state index in [0.29, 0.717) is 5.82 Å². The molecule has 0 spiro atoms. The number of imidazole rings is 1. The maximum atomic E-state index is 6.31. The maximum Gasteiger partial charge on any atom is 0.132 e. The minimum Gasteiger partial charge on any atom is -0.496 e. The Kier molecular flexibility index (Phi) is 3.50. The summed E-state index contributed by atoms with van der Waals surface area (Å²) in [6, 6.07) is 6.01. The summed E-state index contributed by atoms with van der Waals surface area (Å²) in [5, 5.41) is 0. The minimum atomic E-state index is -0.0824. The van der Waals surface area contributed by atoms with Crippen molar-refractivity contribution >= 4 is 5.82 Å². The van der Waals surface area contributed by atoms with E-state index in [2.05, 4.69) is 36.4 Å². The van der Waals surface area contributed by atoms with Gasteiger partial charge in [0.1, 0.15) is 23.1 Å². The summed E-state index contributed by atoms with van der Waals surface area (Å²) in [5.74, 6) is 2.51. The van der Waals surface area contributed by atoms with Crippen molar-refractivity contribution in [2.75, 3.05) is 12.8 Å². The first-order valence-electron chi connectivity index (χ1n) is 6.76. The summed E-state index contributed by atoms with van der Waals surface area (Å²) in [5.41, 5.74) is 9.16. The molecule has 1 aromatic carbocycles. The second-order valence-corrected chi connectivity index (χ2v) is 6.08. The Hall–Kier alpha value is -1.97. The summed E-state index contributed by atoms with van der Waals surface area (Å²) in [6.07, 6.45) is 0. The van der Waals surface area contributed by atoms with Crippen LogP contribution in [0.4, 0.5) is 5.82 Å². The molecule has 4 nitrogen and oxygen atoms in total. The van der Waals surface area contributed by atoms with Crippen molar-refractivity contribution in [2.24, 2.45) is 0 Å². The fourth-order valence-electron chi connectivity index (χ4n) is 2.63. The van der Waals surface area contributed by atoms with Gasteiger partial charge >= 0.3 is 0 Å². The number of hydrogen-bond acceptors (Lipinski definition) is 3. The van der Waals surface area contributed by atoms with E-state index in [1.807, 2.05) is 26.0 Å². The predicted molar refractivity (Wildman–Crippen MR) is 83.1 cm³/mol. The largest absolute Gasteiger partial charge is 0.496 e. The van der Waals surface area contributed by atoms with Crippen LogP contribution in [0.5, 0.6) is 5.75 Å². The molecule has 2 aromatic rings. The number of nitrogen functional groups attached to an aromatic ring is 1. The number of anilines is 1. The number of methoxy groups -OCH3 is 1. The van der Waals surface area contributed by atoms with Crippen molar-refractivity contribution < 1.29 is 4.74 Å². The normalized spacial score (nSPS) is 11.7. The topological polar surface area (TPSA) is 53.1 Å². The molecule has 2 rings (SSSR count). The third-order valence-corrected chi connectivity index (χ3v) is 3.42. The molecule has 2 N–H and O–H groups in total. The molecule has 4 heteroatoms. The fourth-order valence-corrected chi connectivity index (χ4v) is 2.63. The van der Waals surface area contributed by atoms with Gasteiger partial charge in [-0.25, -0.2) is 4.98 Å². The second-order valence-electron chi connectivity index (χ2n) is 6.08. The molecule has 0 aliphatic heterocycles. The lowest BCUT2D eigenvalue weighted by Crippen LogP contribution is -2.24. The number of benzene rings is 1. The van der Waals surface area contributed by atoms with Crippen LogP contribution in [0.1, 0.15) is 32.2 Å². The molecule has 1 heterocycles. The van der Waals surface area contributed by atoms with Crippen LogP contribution in [0.3, 0.4) is 0 Å². The molecule has 0 fully saturated rings. The van der Waals surface area contributed by atoms with Crippen LogP contribution in [0.2, 0.25) is 0 Å². The van der Waals surface area contributed by atoms with Crippen LogP contribution in [0, 0.1) is 13.8 Å². The Balaban J connectivity index is 2.57. The first kappa shape index (κ1) is 14.4. The number of nitrogens with zero attached hydrogens (tertiary/aromatic N) is 2. The molecule has 1 aromatic heterocycles. The molecule has 0 saturated carbocycles. The van der Waals surface area contributed by atoms with Gasteiger partial charge in [-0.3, -0.25) is 0 Å². The van der Waals surface area contributed by atoms with Gasteiger partial charge in [-0.05, 0) is 58.4 Å². The molecule has 0 aliphatic rings. The molecule has 0 bridgehead atoms. The van der Waals surface area contributed by atoms with Crippen LogP contribution in [-0.2, 0) is 5.54 Å². The fraction of sp³-hybridized carbons (Fsp3) is 0.438. The van der Waals surface area contributed by atoms with E-state index in [9.17, 15) is 0 Å². The first-order valence-corrected chi connectivity index (χ1v) is 6.76. The summed E-state index contributed by atoms with van der Waals surface area (Å²) in [7, 11) is 1.68. The molecule has 20 heavy (non-hydrogen) atoms. The Morgan fingerprint density at radius 3 is 2.30 bits per heavy atom. The highest BCUT2D eigenvalue weighted by Gasteiger charge is 2.22. The van der Waals surface area contributed by atoms with Gasteiger partial charge in [-0.2, -0.15) is 0 Å². The minimum absolute atomic E-state index is 0.0824. The molecule has 0 amide bonds. The highest BCUT2D eigenvalue weighted by Crippen LogP contribution is 2.33. The number of ether oxygens (including phenoxy) is 1. The van der Waals surface area contributed by atoms with Gasteiger partial charge in [0.2, 0.25) is 0 Å². The van der Waals surface area contributed by atoms with Crippen molar-refractivity contribution in [1.82, 2.24) is 9.55 Å². The standard InChI is InChI=1S/C16H23N3O/c1-10-9-12(7-8-13(10)20-6)14-15(17)19(11(2)18-14)16(3,4)5/h7-9H,17H2,1-6H3. The zero-order valence-corrected chi connectivity index (χ0v) is 13.1. The lowest BCUT2D eigenvalue weighted by atomic mass is 10.1. The number of nitrogens with two attached hydrogens (primary N) is 1. The summed E-state index contributed by atoms with van der Waals surface area (Å²) < 4.78 is 7.36. The number of aryl methyl sites for hydroxylation is 2. The third-order valence-electron chi connectivity index (χ3n) is 3.42. The van der Waals surface area contributed by atoms with E-state index >= 15 is 0 Å². The van der Waals surface area contributed by atoms with Crippen molar-refractivity contribution in [3.63, 3.8) is 0 Å².